The first kappa shape index (κ1) is 18.6. The van der Waals surface area contributed by atoms with Crippen LogP contribution in [0.2, 0.25) is 0 Å². The van der Waals surface area contributed by atoms with Crippen molar-refractivity contribution in [3.05, 3.63) is 89.5 Å². The van der Waals surface area contributed by atoms with Crippen LogP contribution in [0.3, 0.4) is 0 Å². The molecule has 6 heteroatoms. The molecule has 0 aliphatic carbocycles. The lowest BCUT2D eigenvalue weighted by molar-refractivity contribution is 0.0954. The molecule has 0 atom stereocenters. The first-order chi connectivity index (χ1) is 14.2. The Morgan fingerprint density at radius 1 is 0.966 bits per heavy atom. The van der Waals surface area contributed by atoms with Crippen molar-refractivity contribution in [3.63, 3.8) is 0 Å². The Labute approximate surface area is 168 Å². The van der Waals surface area contributed by atoms with E-state index in [1.165, 1.54) is 0 Å². The fourth-order valence-corrected chi connectivity index (χ4v) is 2.83. The molecule has 1 aliphatic rings. The van der Waals surface area contributed by atoms with E-state index >= 15 is 0 Å². The number of carbonyl (C=O) groups excluding carboxylic acids is 1. The van der Waals surface area contributed by atoms with E-state index in [-0.39, 0.29) is 12.7 Å². The van der Waals surface area contributed by atoms with Gasteiger partial charge in [-0.1, -0.05) is 30.3 Å². The van der Waals surface area contributed by atoms with Gasteiger partial charge in [0, 0.05) is 5.56 Å². The zero-order valence-electron chi connectivity index (χ0n) is 15.9. The average molecular weight is 388 g/mol. The van der Waals surface area contributed by atoms with Crippen molar-refractivity contribution in [3.8, 4) is 17.2 Å². The molecule has 4 rings (SSSR count). The van der Waals surface area contributed by atoms with E-state index in [0.717, 1.165) is 16.9 Å². The molecule has 0 unspecified atom stereocenters. The fraction of sp³-hybridized carbons (Fsp3) is 0.130. The SMILES string of the molecule is C/C(=N\NC(=O)c1ccc2c(c1)OCO2)c1ccc(OCc2ccccc2)cc1. The van der Waals surface area contributed by atoms with Gasteiger partial charge in [0.15, 0.2) is 11.5 Å². The largest absolute Gasteiger partial charge is 0.489 e. The molecule has 0 radical (unpaired) electrons. The summed E-state index contributed by atoms with van der Waals surface area (Å²) in [7, 11) is 0. The molecule has 0 bridgehead atoms. The highest BCUT2D eigenvalue weighted by atomic mass is 16.7. The van der Waals surface area contributed by atoms with Crippen LogP contribution in [0.15, 0.2) is 77.9 Å². The molecule has 1 amide bonds. The van der Waals surface area contributed by atoms with Gasteiger partial charge in [0.2, 0.25) is 6.79 Å². The molecule has 1 N–H and O–H groups in total. The quantitative estimate of drug-likeness (QED) is 0.509. The van der Waals surface area contributed by atoms with Gasteiger partial charge >= 0.3 is 0 Å². The van der Waals surface area contributed by atoms with Gasteiger partial charge in [-0.25, -0.2) is 5.43 Å². The van der Waals surface area contributed by atoms with Gasteiger partial charge in [-0.2, -0.15) is 5.10 Å². The maximum Gasteiger partial charge on any atom is 0.271 e. The first-order valence-electron chi connectivity index (χ1n) is 9.20. The van der Waals surface area contributed by atoms with E-state index in [1.807, 2.05) is 61.5 Å². The number of amides is 1. The number of ether oxygens (including phenoxy) is 3. The van der Waals surface area contributed by atoms with Gasteiger partial charge in [0.1, 0.15) is 12.4 Å². The number of nitrogens with one attached hydrogen (secondary N) is 1. The summed E-state index contributed by atoms with van der Waals surface area (Å²) < 4.78 is 16.3. The van der Waals surface area contributed by atoms with Crippen molar-refractivity contribution in [2.45, 2.75) is 13.5 Å². The van der Waals surface area contributed by atoms with Crippen molar-refractivity contribution < 1.29 is 19.0 Å². The predicted octanol–water partition coefficient (Wildman–Crippen LogP) is 4.15. The number of nitrogens with zero attached hydrogens (tertiary/aromatic N) is 1. The van der Waals surface area contributed by atoms with E-state index in [9.17, 15) is 4.79 Å². The Balaban J connectivity index is 1.35. The van der Waals surface area contributed by atoms with E-state index < -0.39 is 0 Å². The molecule has 0 aromatic heterocycles. The molecule has 3 aromatic carbocycles. The smallest absolute Gasteiger partial charge is 0.271 e. The van der Waals surface area contributed by atoms with Crippen LogP contribution in [-0.4, -0.2) is 18.4 Å². The van der Waals surface area contributed by atoms with Crippen molar-refractivity contribution in [1.29, 1.82) is 0 Å². The van der Waals surface area contributed by atoms with Crippen LogP contribution in [0.1, 0.15) is 28.4 Å². The summed E-state index contributed by atoms with van der Waals surface area (Å²) in [5.74, 6) is 1.65. The Morgan fingerprint density at radius 2 is 1.69 bits per heavy atom. The monoisotopic (exact) mass is 388 g/mol. The Kier molecular flexibility index (Phi) is 5.42. The molecule has 6 nitrogen and oxygen atoms in total. The number of hydrogen-bond acceptors (Lipinski definition) is 5. The van der Waals surface area contributed by atoms with Crippen LogP contribution < -0.4 is 19.6 Å². The summed E-state index contributed by atoms with van der Waals surface area (Å²) in [6, 6.07) is 22.6. The second kappa shape index (κ2) is 8.48. The molecule has 1 heterocycles. The standard InChI is InChI=1S/C23H20N2O4/c1-16(24-25-23(26)19-9-12-21-22(13-19)29-15-28-21)18-7-10-20(11-8-18)27-14-17-5-3-2-4-6-17/h2-13H,14-15H2,1H3,(H,25,26)/b24-16+. The van der Waals surface area contributed by atoms with Crippen LogP contribution in [0, 0.1) is 0 Å². The number of hydrazone groups is 1. The predicted molar refractivity (Wildman–Crippen MR) is 109 cm³/mol. The molecular weight excluding hydrogens is 368 g/mol. The van der Waals surface area contributed by atoms with Gasteiger partial charge in [-0.15, -0.1) is 0 Å². The number of carbonyl (C=O) groups is 1. The fourth-order valence-electron chi connectivity index (χ4n) is 2.83. The molecule has 0 fully saturated rings. The molecule has 0 spiro atoms. The van der Waals surface area contributed by atoms with E-state index in [1.54, 1.807) is 18.2 Å². The third-order valence-corrected chi connectivity index (χ3v) is 4.48. The molecular formula is C23H20N2O4. The summed E-state index contributed by atoms with van der Waals surface area (Å²) >= 11 is 0. The van der Waals surface area contributed by atoms with Crippen LogP contribution in [-0.2, 0) is 6.61 Å². The Bertz CT molecular complexity index is 1030. The van der Waals surface area contributed by atoms with E-state index in [0.29, 0.717) is 29.4 Å². The number of rotatable bonds is 6. The molecule has 0 saturated carbocycles. The minimum atomic E-state index is -0.314. The van der Waals surface area contributed by atoms with Crippen molar-refractivity contribution in [2.75, 3.05) is 6.79 Å². The summed E-state index contributed by atoms with van der Waals surface area (Å²) in [5.41, 5.74) is 5.72. The van der Waals surface area contributed by atoms with E-state index in [2.05, 4.69) is 10.5 Å². The number of hydrogen-bond donors (Lipinski definition) is 1. The lowest BCUT2D eigenvalue weighted by Gasteiger charge is -2.08. The molecule has 29 heavy (non-hydrogen) atoms. The highest BCUT2D eigenvalue weighted by Crippen LogP contribution is 2.32. The summed E-state index contributed by atoms with van der Waals surface area (Å²) in [6.07, 6.45) is 0. The lowest BCUT2D eigenvalue weighted by Crippen LogP contribution is -2.19. The van der Waals surface area contributed by atoms with Crippen LogP contribution >= 0.6 is 0 Å². The summed E-state index contributed by atoms with van der Waals surface area (Å²) in [6.45, 7) is 2.52. The first-order valence-corrected chi connectivity index (χ1v) is 9.20. The molecule has 0 saturated heterocycles. The number of benzene rings is 3. The maximum absolute atomic E-state index is 12.3. The van der Waals surface area contributed by atoms with Crippen LogP contribution in [0.25, 0.3) is 0 Å². The van der Waals surface area contributed by atoms with E-state index in [4.69, 9.17) is 14.2 Å². The van der Waals surface area contributed by atoms with Gasteiger partial charge in [0.05, 0.1) is 5.71 Å². The van der Waals surface area contributed by atoms with Crippen molar-refractivity contribution in [1.82, 2.24) is 5.43 Å². The molecule has 146 valence electrons. The maximum atomic E-state index is 12.3. The van der Waals surface area contributed by atoms with Crippen molar-refractivity contribution >= 4 is 11.6 Å². The summed E-state index contributed by atoms with van der Waals surface area (Å²) in [5, 5.41) is 4.19. The zero-order valence-corrected chi connectivity index (χ0v) is 15.9. The third-order valence-electron chi connectivity index (χ3n) is 4.48. The number of fused-ring (bicyclic) bond motifs is 1. The van der Waals surface area contributed by atoms with Gasteiger partial charge in [-0.3, -0.25) is 4.79 Å². The van der Waals surface area contributed by atoms with Gasteiger partial charge in [-0.05, 0) is 60.5 Å². The summed E-state index contributed by atoms with van der Waals surface area (Å²) in [4.78, 5) is 12.3. The Morgan fingerprint density at radius 3 is 2.48 bits per heavy atom. The normalized spacial score (nSPS) is 12.5. The molecule has 1 aliphatic heterocycles. The highest BCUT2D eigenvalue weighted by Gasteiger charge is 2.16. The lowest BCUT2D eigenvalue weighted by atomic mass is 10.1. The minimum Gasteiger partial charge on any atom is -0.489 e. The topological polar surface area (TPSA) is 69.2 Å². The van der Waals surface area contributed by atoms with Crippen LogP contribution in [0.4, 0.5) is 0 Å². The minimum absolute atomic E-state index is 0.169. The second-order valence-electron chi connectivity index (χ2n) is 6.50. The van der Waals surface area contributed by atoms with Gasteiger partial charge in [0.25, 0.3) is 5.91 Å². The second-order valence-corrected chi connectivity index (χ2v) is 6.50. The van der Waals surface area contributed by atoms with Gasteiger partial charge < -0.3 is 14.2 Å². The highest BCUT2D eigenvalue weighted by molar-refractivity contribution is 6.01. The Hall–Kier alpha value is -3.80. The molecule has 3 aromatic rings. The third kappa shape index (κ3) is 4.55. The van der Waals surface area contributed by atoms with Crippen molar-refractivity contribution in [2.24, 2.45) is 5.10 Å². The average Bonchev–Trinajstić information content (AvgIpc) is 3.25. The van der Waals surface area contributed by atoms with Crippen LogP contribution in [0.5, 0.6) is 17.2 Å². The zero-order chi connectivity index (χ0) is 20.1.